The average molecular weight is 503 g/mol. The van der Waals surface area contributed by atoms with Crippen LogP contribution in [0.4, 0.5) is 18.9 Å². The molecule has 0 saturated carbocycles. The minimum Gasteiger partial charge on any atom is -0.506 e. The summed E-state index contributed by atoms with van der Waals surface area (Å²) in [6.45, 7) is 1.75. The molecule has 0 aliphatic carbocycles. The van der Waals surface area contributed by atoms with Crippen molar-refractivity contribution in [3.63, 3.8) is 0 Å². The Morgan fingerprint density at radius 1 is 1.03 bits per heavy atom. The van der Waals surface area contributed by atoms with Gasteiger partial charge >= 0.3 is 6.18 Å². The Morgan fingerprint density at radius 3 is 2.20 bits per heavy atom. The van der Waals surface area contributed by atoms with Crippen LogP contribution >= 0.6 is 11.3 Å². The van der Waals surface area contributed by atoms with E-state index in [1.54, 1.807) is 36.6 Å². The maximum absolute atomic E-state index is 13.4. The first-order chi connectivity index (χ1) is 16.6. The summed E-state index contributed by atoms with van der Waals surface area (Å²) in [7, 11) is 2.74. The predicted octanol–water partition coefficient (Wildman–Crippen LogP) is 5.72. The van der Waals surface area contributed by atoms with E-state index < -0.39 is 35.2 Å². The van der Waals surface area contributed by atoms with Crippen molar-refractivity contribution in [2.75, 3.05) is 19.1 Å². The zero-order chi connectivity index (χ0) is 25.5. The Morgan fingerprint density at radius 2 is 1.66 bits per heavy atom. The van der Waals surface area contributed by atoms with Crippen LogP contribution in [-0.2, 0) is 15.8 Å². The number of carbonyl (C=O) groups excluding carboxylic acids is 2. The Labute approximate surface area is 202 Å². The van der Waals surface area contributed by atoms with Crippen LogP contribution in [0.25, 0.3) is 5.76 Å². The molecule has 1 aliphatic rings. The smallest absolute Gasteiger partial charge is 0.416 e. The second-order valence-corrected chi connectivity index (χ2v) is 8.67. The third-order valence-electron chi connectivity index (χ3n) is 5.71. The van der Waals surface area contributed by atoms with Crippen LogP contribution in [0.2, 0.25) is 0 Å². The van der Waals surface area contributed by atoms with Crippen LogP contribution in [0.1, 0.15) is 27.6 Å². The van der Waals surface area contributed by atoms with E-state index in [4.69, 9.17) is 9.47 Å². The van der Waals surface area contributed by atoms with Gasteiger partial charge in [0.25, 0.3) is 11.7 Å². The van der Waals surface area contributed by atoms with E-state index in [2.05, 4.69) is 0 Å². The molecule has 1 unspecified atom stereocenters. The lowest BCUT2D eigenvalue weighted by Gasteiger charge is -2.26. The number of alkyl halides is 3. The monoisotopic (exact) mass is 503 g/mol. The normalized spacial score (nSPS) is 17.7. The van der Waals surface area contributed by atoms with E-state index in [-0.39, 0.29) is 28.3 Å². The molecule has 1 atom stereocenters. The Bertz CT molecular complexity index is 1320. The van der Waals surface area contributed by atoms with Gasteiger partial charge in [0.1, 0.15) is 28.9 Å². The summed E-state index contributed by atoms with van der Waals surface area (Å²) in [5.74, 6) is -2.27. The van der Waals surface area contributed by atoms with Gasteiger partial charge < -0.3 is 14.6 Å². The highest BCUT2D eigenvalue weighted by atomic mass is 32.1. The van der Waals surface area contributed by atoms with Crippen molar-refractivity contribution in [2.24, 2.45) is 0 Å². The fourth-order valence-electron chi connectivity index (χ4n) is 4.06. The van der Waals surface area contributed by atoms with Gasteiger partial charge in [0.15, 0.2) is 0 Å². The van der Waals surface area contributed by atoms with Gasteiger partial charge in [0.2, 0.25) is 0 Å². The van der Waals surface area contributed by atoms with E-state index in [1.165, 1.54) is 37.7 Å². The first kappa shape index (κ1) is 24.3. The molecular formula is C25H20F3NO5S. The summed E-state index contributed by atoms with van der Waals surface area (Å²) in [5.41, 5.74) is -0.605. The van der Waals surface area contributed by atoms with Gasteiger partial charge in [-0.2, -0.15) is 13.2 Å². The van der Waals surface area contributed by atoms with Crippen molar-refractivity contribution in [1.29, 1.82) is 0 Å². The summed E-state index contributed by atoms with van der Waals surface area (Å²) in [4.78, 5) is 28.0. The van der Waals surface area contributed by atoms with E-state index in [0.717, 1.165) is 17.0 Å². The van der Waals surface area contributed by atoms with E-state index >= 15 is 0 Å². The minimum absolute atomic E-state index is 0.0544. The molecule has 3 aromatic rings. The second kappa shape index (κ2) is 9.10. The number of amides is 1. The van der Waals surface area contributed by atoms with Crippen molar-refractivity contribution < 1.29 is 37.3 Å². The zero-order valence-corrected chi connectivity index (χ0v) is 19.7. The quantitative estimate of drug-likeness (QED) is 0.274. The molecule has 2 heterocycles. The van der Waals surface area contributed by atoms with Gasteiger partial charge in [0, 0.05) is 10.6 Å². The molecule has 2 aromatic carbocycles. The van der Waals surface area contributed by atoms with Crippen molar-refractivity contribution in [1.82, 2.24) is 0 Å². The molecule has 1 aliphatic heterocycles. The Kier molecular flexibility index (Phi) is 6.33. The third-order valence-corrected chi connectivity index (χ3v) is 6.78. The number of aryl methyl sites for hydroxylation is 1. The van der Waals surface area contributed by atoms with Gasteiger partial charge in [-0.1, -0.05) is 12.1 Å². The molecule has 1 saturated heterocycles. The van der Waals surface area contributed by atoms with Crippen LogP contribution in [-0.4, -0.2) is 31.0 Å². The topological polar surface area (TPSA) is 76.1 Å². The van der Waals surface area contributed by atoms with Crippen LogP contribution in [0.15, 0.2) is 59.5 Å². The molecule has 0 spiro atoms. The van der Waals surface area contributed by atoms with Crippen molar-refractivity contribution >= 4 is 34.5 Å². The van der Waals surface area contributed by atoms with Crippen LogP contribution in [0.3, 0.4) is 0 Å². The lowest BCUT2D eigenvalue weighted by atomic mass is 9.97. The number of halogens is 3. The molecule has 4 rings (SSSR count). The number of benzene rings is 2. The Hall–Kier alpha value is -3.79. The summed E-state index contributed by atoms with van der Waals surface area (Å²) >= 11 is 1.22. The fraction of sp³-hybridized carbons (Fsp3) is 0.200. The molecular weight excluding hydrogens is 483 g/mol. The zero-order valence-electron chi connectivity index (χ0n) is 18.8. The molecule has 1 N–H and O–H groups in total. The number of ketones is 1. The molecule has 1 fully saturated rings. The highest BCUT2D eigenvalue weighted by Gasteiger charge is 2.49. The predicted molar refractivity (Wildman–Crippen MR) is 125 cm³/mol. The lowest BCUT2D eigenvalue weighted by molar-refractivity contribution is -0.137. The van der Waals surface area contributed by atoms with Gasteiger partial charge in [-0.15, -0.1) is 11.3 Å². The summed E-state index contributed by atoms with van der Waals surface area (Å²) < 4.78 is 50.9. The van der Waals surface area contributed by atoms with Gasteiger partial charge in [-0.05, 0) is 54.3 Å². The first-order valence-corrected chi connectivity index (χ1v) is 11.2. The summed E-state index contributed by atoms with van der Waals surface area (Å²) in [5, 5.41) is 13.1. The highest BCUT2D eigenvalue weighted by molar-refractivity contribution is 7.10. The fourth-order valence-corrected chi connectivity index (χ4v) is 5.09. The number of ether oxygens (including phenoxy) is 2. The molecule has 182 valence electrons. The average Bonchev–Trinajstić information content (AvgIpc) is 3.37. The molecule has 10 heteroatoms. The number of methoxy groups -OCH3 is 2. The number of rotatable bonds is 5. The SMILES string of the molecule is COc1cccc(OC)c1/C(O)=C1\C(=O)C(=O)N(c2cccc(C(F)(F)F)c2)C1c1sccc1C. The molecule has 6 nitrogen and oxygen atoms in total. The largest absolute Gasteiger partial charge is 0.506 e. The second-order valence-electron chi connectivity index (χ2n) is 7.72. The number of anilines is 1. The van der Waals surface area contributed by atoms with Crippen LogP contribution < -0.4 is 14.4 Å². The van der Waals surface area contributed by atoms with E-state index in [9.17, 15) is 27.9 Å². The van der Waals surface area contributed by atoms with Gasteiger partial charge in [-0.25, -0.2) is 0 Å². The van der Waals surface area contributed by atoms with Crippen LogP contribution in [0.5, 0.6) is 11.5 Å². The van der Waals surface area contributed by atoms with Crippen LogP contribution in [0, 0.1) is 6.92 Å². The first-order valence-electron chi connectivity index (χ1n) is 10.3. The molecule has 0 radical (unpaired) electrons. The van der Waals surface area contributed by atoms with Crippen molar-refractivity contribution in [3.05, 3.63) is 81.1 Å². The van der Waals surface area contributed by atoms with E-state index in [0.29, 0.717) is 10.4 Å². The number of hydrogen-bond acceptors (Lipinski definition) is 6. The minimum atomic E-state index is -4.65. The van der Waals surface area contributed by atoms with E-state index in [1.807, 2.05) is 0 Å². The highest BCUT2D eigenvalue weighted by Crippen LogP contribution is 2.47. The number of aliphatic hydroxyl groups is 1. The number of hydrogen-bond donors (Lipinski definition) is 1. The number of Topliss-reactive ketones (excluding diaryl/α,β-unsaturated/α-hetero) is 1. The third kappa shape index (κ3) is 4.14. The molecule has 1 amide bonds. The Balaban J connectivity index is 2.01. The van der Waals surface area contributed by atoms with Gasteiger partial charge in [-0.3, -0.25) is 14.5 Å². The van der Waals surface area contributed by atoms with Crippen molar-refractivity contribution in [3.8, 4) is 11.5 Å². The number of nitrogens with zero attached hydrogens (tertiary/aromatic N) is 1. The van der Waals surface area contributed by atoms with Crippen molar-refractivity contribution in [2.45, 2.75) is 19.1 Å². The summed E-state index contributed by atoms with van der Waals surface area (Å²) in [6, 6.07) is 9.49. The van der Waals surface area contributed by atoms with Gasteiger partial charge in [0.05, 0.1) is 25.4 Å². The molecule has 0 bridgehead atoms. The maximum Gasteiger partial charge on any atom is 0.416 e. The molecule has 1 aromatic heterocycles. The maximum atomic E-state index is 13.4. The standard InChI is InChI=1S/C25H20F3NO5S/c1-13-10-11-35-23(13)20-19(21(30)18-16(33-2)8-5-9-17(18)34-3)22(31)24(32)29(20)15-7-4-6-14(12-15)25(26,27)28/h4-12,20,30H,1-3H3/b21-19+. The number of carbonyl (C=O) groups is 2. The lowest BCUT2D eigenvalue weighted by Crippen LogP contribution is -2.29. The number of thiophene rings is 1. The summed E-state index contributed by atoms with van der Waals surface area (Å²) in [6.07, 6.45) is -4.65. The number of aliphatic hydroxyl groups excluding tert-OH is 1. The molecule has 35 heavy (non-hydrogen) atoms.